The van der Waals surface area contributed by atoms with Gasteiger partial charge >= 0.3 is 0 Å². The summed E-state index contributed by atoms with van der Waals surface area (Å²) in [5.41, 5.74) is 6.47. The van der Waals surface area contributed by atoms with Crippen LogP contribution in [0.4, 0.5) is 4.39 Å². The molecule has 1 fully saturated rings. The first-order valence-corrected chi connectivity index (χ1v) is 5.94. The molecule has 1 aliphatic carbocycles. The number of nitrogens with two attached hydrogens (primary N) is 1. The summed E-state index contributed by atoms with van der Waals surface area (Å²) < 4.78 is 13.8. The molecule has 86 valence electrons. The van der Waals surface area contributed by atoms with Crippen LogP contribution in [0.15, 0.2) is 27.7 Å². The normalized spacial score (nSPS) is 16.2. The van der Waals surface area contributed by atoms with Crippen molar-refractivity contribution in [1.82, 2.24) is 5.32 Å². The third-order valence-electron chi connectivity index (χ3n) is 2.28. The molecular weight excluding hydrogens is 273 g/mol. The topological polar surface area (TPSA) is 50.4 Å². The number of nitrogens with zero attached hydrogens (tertiary/aromatic N) is 1. The molecule has 2 rings (SSSR count). The van der Waals surface area contributed by atoms with Gasteiger partial charge in [-0.25, -0.2) is 9.38 Å². The molecule has 0 unspecified atom stereocenters. The van der Waals surface area contributed by atoms with Crippen LogP contribution in [0.5, 0.6) is 0 Å². The number of nitrogens with one attached hydrogen (secondary N) is 1. The minimum atomic E-state index is -0.270. The van der Waals surface area contributed by atoms with Crippen molar-refractivity contribution >= 4 is 21.9 Å². The second kappa shape index (κ2) is 4.82. The number of hydrogen-bond donors (Lipinski definition) is 2. The Labute approximate surface area is 102 Å². The predicted molar refractivity (Wildman–Crippen MR) is 65.6 cm³/mol. The van der Waals surface area contributed by atoms with Crippen molar-refractivity contribution in [2.45, 2.75) is 25.4 Å². The molecule has 1 aliphatic rings. The molecule has 0 saturated heterocycles. The van der Waals surface area contributed by atoms with Crippen LogP contribution < -0.4 is 11.1 Å². The Kier molecular flexibility index (Phi) is 3.43. The molecule has 0 bridgehead atoms. The van der Waals surface area contributed by atoms with Gasteiger partial charge in [-0.2, -0.15) is 0 Å². The number of aliphatic imine (C=N–C) groups is 1. The maximum Gasteiger partial charge on any atom is 0.189 e. The highest BCUT2D eigenvalue weighted by Gasteiger charge is 2.21. The molecule has 0 spiro atoms. The van der Waals surface area contributed by atoms with E-state index in [9.17, 15) is 4.39 Å². The Hall–Kier alpha value is -1.10. The highest BCUT2D eigenvalue weighted by Crippen LogP contribution is 2.18. The van der Waals surface area contributed by atoms with Crippen LogP contribution in [0.2, 0.25) is 0 Å². The minimum absolute atomic E-state index is 0.270. The first-order chi connectivity index (χ1) is 7.63. The van der Waals surface area contributed by atoms with E-state index in [1.54, 1.807) is 0 Å². The maximum atomic E-state index is 13.0. The van der Waals surface area contributed by atoms with E-state index in [2.05, 4.69) is 26.2 Å². The number of benzene rings is 1. The van der Waals surface area contributed by atoms with Gasteiger partial charge in [0, 0.05) is 10.5 Å². The summed E-state index contributed by atoms with van der Waals surface area (Å²) in [6.07, 6.45) is 2.31. The minimum Gasteiger partial charge on any atom is -0.370 e. The first kappa shape index (κ1) is 11.4. The zero-order chi connectivity index (χ0) is 11.5. The van der Waals surface area contributed by atoms with Gasteiger partial charge in [0.2, 0.25) is 0 Å². The summed E-state index contributed by atoms with van der Waals surface area (Å²) in [6, 6.07) is 5.19. The van der Waals surface area contributed by atoms with Gasteiger partial charge in [0.1, 0.15) is 5.82 Å². The smallest absolute Gasteiger partial charge is 0.189 e. The van der Waals surface area contributed by atoms with Crippen molar-refractivity contribution in [3.8, 4) is 0 Å². The number of halogens is 2. The second-order valence-electron chi connectivity index (χ2n) is 3.90. The highest BCUT2D eigenvalue weighted by atomic mass is 79.9. The molecule has 16 heavy (non-hydrogen) atoms. The van der Waals surface area contributed by atoms with Crippen LogP contribution in [0.3, 0.4) is 0 Å². The fourth-order valence-electron chi connectivity index (χ4n) is 1.36. The monoisotopic (exact) mass is 285 g/mol. The lowest BCUT2D eigenvalue weighted by Gasteiger charge is -2.03. The average molecular weight is 286 g/mol. The molecule has 1 saturated carbocycles. The molecular formula is C11H13BrFN3. The van der Waals surface area contributed by atoms with Gasteiger partial charge in [0.05, 0.1) is 6.54 Å². The quantitative estimate of drug-likeness (QED) is 0.661. The van der Waals surface area contributed by atoms with Gasteiger partial charge in [0.25, 0.3) is 0 Å². The lowest BCUT2D eigenvalue weighted by molar-refractivity contribution is 0.624. The maximum absolute atomic E-state index is 13.0. The van der Waals surface area contributed by atoms with Gasteiger partial charge in [-0.3, -0.25) is 0 Å². The van der Waals surface area contributed by atoms with E-state index < -0.39 is 0 Å². The predicted octanol–water partition coefficient (Wildman–Crippen LogP) is 2.15. The fourth-order valence-corrected chi connectivity index (χ4v) is 1.87. The van der Waals surface area contributed by atoms with Crippen molar-refractivity contribution in [2.24, 2.45) is 10.7 Å². The fraction of sp³-hybridized carbons (Fsp3) is 0.364. The molecule has 5 heteroatoms. The lowest BCUT2D eigenvalue weighted by atomic mass is 10.2. The highest BCUT2D eigenvalue weighted by molar-refractivity contribution is 9.10. The second-order valence-corrected chi connectivity index (χ2v) is 4.81. The van der Waals surface area contributed by atoms with E-state index in [4.69, 9.17) is 5.73 Å². The van der Waals surface area contributed by atoms with Crippen LogP contribution in [-0.4, -0.2) is 12.0 Å². The van der Waals surface area contributed by atoms with E-state index >= 15 is 0 Å². The standard InChI is InChI=1S/C11H13BrFN3/c12-8-3-7(4-9(13)5-8)6-15-11(14)16-10-1-2-10/h3-5,10H,1-2,6H2,(H3,14,15,16). The van der Waals surface area contributed by atoms with Gasteiger partial charge in [-0.15, -0.1) is 0 Å². The summed E-state index contributed by atoms with van der Waals surface area (Å²) in [7, 11) is 0. The Bertz CT molecular complexity index is 395. The van der Waals surface area contributed by atoms with Crippen molar-refractivity contribution in [2.75, 3.05) is 0 Å². The van der Waals surface area contributed by atoms with E-state index in [0.717, 1.165) is 18.4 Å². The van der Waals surface area contributed by atoms with Crippen LogP contribution in [-0.2, 0) is 6.54 Å². The Morgan fingerprint density at radius 2 is 2.25 bits per heavy atom. The summed E-state index contributed by atoms with van der Waals surface area (Å²) in [5, 5.41) is 3.08. The van der Waals surface area contributed by atoms with Crippen LogP contribution >= 0.6 is 15.9 Å². The van der Waals surface area contributed by atoms with Crippen LogP contribution in [0.1, 0.15) is 18.4 Å². The summed E-state index contributed by atoms with van der Waals surface area (Å²) in [4.78, 5) is 4.15. The summed E-state index contributed by atoms with van der Waals surface area (Å²) in [5.74, 6) is 0.163. The molecule has 0 aromatic heterocycles. The third kappa shape index (κ3) is 3.48. The van der Waals surface area contributed by atoms with Crippen molar-refractivity contribution in [3.63, 3.8) is 0 Å². The number of rotatable bonds is 3. The molecule has 1 aromatic carbocycles. The lowest BCUT2D eigenvalue weighted by Crippen LogP contribution is -2.33. The van der Waals surface area contributed by atoms with Crippen molar-refractivity contribution < 1.29 is 4.39 Å². The van der Waals surface area contributed by atoms with Gasteiger partial charge < -0.3 is 11.1 Å². The molecule has 0 heterocycles. The van der Waals surface area contributed by atoms with Gasteiger partial charge in [-0.1, -0.05) is 15.9 Å². The Morgan fingerprint density at radius 3 is 2.88 bits per heavy atom. The third-order valence-corrected chi connectivity index (χ3v) is 2.74. The molecule has 0 amide bonds. The average Bonchev–Trinajstić information content (AvgIpc) is 2.97. The number of guanidine groups is 1. The summed E-state index contributed by atoms with van der Waals surface area (Å²) >= 11 is 3.23. The van der Waals surface area contributed by atoms with Crippen molar-refractivity contribution in [3.05, 3.63) is 34.1 Å². The van der Waals surface area contributed by atoms with Crippen LogP contribution in [0, 0.1) is 5.82 Å². The largest absolute Gasteiger partial charge is 0.370 e. The van der Waals surface area contributed by atoms with Gasteiger partial charge in [0.15, 0.2) is 5.96 Å². The Morgan fingerprint density at radius 1 is 1.50 bits per heavy atom. The van der Waals surface area contributed by atoms with E-state index in [1.165, 1.54) is 12.1 Å². The molecule has 0 atom stereocenters. The van der Waals surface area contributed by atoms with E-state index in [-0.39, 0.29) is 5.82 Å². The number of hydrogen-bond acceptors (Lipinski definition) is 1. The van der Waals surface area contributed by atoms with E-state index in [1.807, 2.05) is 6.07 Å². The summed E-state index contributed by atoms with van der Waals surface area (Å²) in [6.45, 7) is 0.391. The molecule has 0 radical (unpaired) electrons. The van der Waals surface area contributed by atoms with E-state index in [0.29, 0.717) is 23.0 Å². The SMILES string of the molecule is NC(=NCc1cc(F)cc(Br)c1)NC1CC1. The van der Waals surface area contributed by atoms with Crippen molar-refractivity contribution in [1.29, 1.82) is 0 Å². The van der Waals surface area contributed by atoms with Crippen LogP contribution in [0.25, 0.3) is 0 Å². The first-order valence-electron chi connectivity index (χ1n) is 5.15. The molecule has 3 N–H and O–H groups in total. The molecule has 0 aliphatic heterocycles. The molecule has 1 aromatic rings. The Balaban J connectivity index is 1.96. The van der Waals surface area contributed by atoms with Gasteiger partial charge in [-0.05, 0) is 36.6 Å². The molecule has 3 nitrogen and oxygen atoms in total. The zero-order valence-electron chi connectivity index (χ0n) is 8.71. The zero-order valence-corrected chi connectivity index (χ0v) is 10.3.